The maximum atomic E-state index is 8.09. The Labute approximate surface area is 48.5 Å². The van der Waals surface area contributed by atoms with E-state index in [0.29, 0.717) is 5.70 Å². The Bertz CT molecular complexity index is 160. The van der Waals surface area contributed by atoms with Crippen molar-refractivity contribution in [3.05, 3.63) is 42.1 Å². The average Bonchev–Trinajstić information content (AvgIpc) is 1.83. The van der Waals surface area contributed by atoms with E-state index in [9.17, 15) is 0 Å². The first-order valence-corrected chi connectivity index (χ1v) is 2.15. The van der Waals surface area contributed by atoms with Crippen LogP contribution in [0, 0.1) is 5.39 Å². The van der Waals surface area contributed by atoms with Crippen LogP contribution in [0.1, 0.15) is 0 Å². The van der Waals surface area contributed by atoms with Crippen LogP contribution >= 0.6 is 0 Å². The number of nitrogens with zero attached hydrogens (tertiary/aromatic N) is 2. The van der Waals surface area contributed by atoms with Crippen molar-refractivity contribution in [3.8, 4) is 0 Å². The lowest BCUT2D eigenvalue weighted by Gasteiger charge is -1.61. The molecule has 0 saturated carbocycles. The van der Waals surface area contributed by atoms with E-state index in [1.165, 1.54) is 12.2 Å². The summed E-state index contributed by atoms with van der Waals surface area (Å²) in [5.41, 5.74) is 0.417. The summed E-state index contributed by atoms with van der Waals surface area (Å²) in [7, 11) is 0. The van der Waals surface area contributed by atoms with E-state index in [-0.39, 0.29) is 0 Å². The predicted molar refractivity (Wildman–Crippen MR) is 33.6 cm³/mol. The van der Waals surface area contributed by atoms with Gasteiger partial charge in [-0.05, 0) is 0 Å². The van der Waals surface area contributed by atoms with Crippen molar-refractivity contribution < 1.29 is 0 Å². The topological polar surface area (TPSA) is 28.1 Å². The molecule has 0 atom stereocenters. The SMILES string of the molecule is C=CC=C(C=C)[N+]#N. The maximum Gasteiger partial charge on any atom is 0.384 e. The molecule has 0 aromatic rings. The highest BCUT2D eigenvalue weighted by Crippen LogP contribution is 1.94. The van der Waals surface area contributed by atoms with Gasteiger partial charge in [-0.1, -0.05) is 19.2 Å². The second-order valence-corrected chi connectivity index (χ2v) is 1.13. The first-order valence-electron chi connectivity index (χ1n) is 2.15. The normalized spacial score (nSPS) is 9.62. The third-order valence-electron chi connectivity index (χ3n) is 0.613. The van der Waals surface area contributed by atoms with Gasteiger partial charge in [0.1, 0.15) is 0 Å². The van der Waals surface area contributed by atoms with E-state index in [2.05, 4.69) is 18.1 Å². The van der Waals surface area contributed by atoms with Crippen LogP contribution in [0.2, 0.25) is 0 Å². The van der Waals surface area contributed by atoms with Gasteiger partial charge in [-0.2, -0.15) is 0 Å². The highest BCUT2D eigenvalue weighted by Gasteiger charge is 1.97. The van der Waals surface area contributed by atoms with Gasteiger partial charge in [-0.25, -0.2) is 0 Å². The van der Waals surface area contributed by atoms with Crippen molar-refractivity contribution in [2.75, 3.05) is 0 Å². The average molecular weight is 107 g/mol. The third kappa shape index (κ3) is 1.93. The van der Waals surface area contributed by atoms with E-state index in [0.717, 1.165) is 0 Å². The highest BCUT2D eigenvalue weighted by molar-refractivity contribution is 5.25. The molecule has 40 valence electrons. The molecule has 0 amide bonds. The summed E-state index contributed by atoms with van der Waals surface area (Å²) < 4.78 is 0. The molecule has 0 aromatic heterocycles. The molecular weight excluding hydrogens is 100 g/mol. The molecule has 0 N–H and O–H groups in total. The van der Waals surface area contributed by atoms with Crippen LogP contribution in [0.3, 0.4) is 0 Å². The van der Waals surface area contributed by atoms with Gasteiger partial charge < -0.3 is 0 Å². The number of rotatable bonds is 2. The lowest BCUT2D eigenvalue weighted by molar-refractivity contribution is 1.43. The Hall–Kier alpha value is -1.36. The van der Waals surface area contributed by atoms with Crippen molar-refractivity contribution in [2.45, 2.75) is 0 Å². The Morgan fingerprint density at radius 1 is 1.50 bits per heavy atom. The van der Waals surface area contributed by atoms with Gasteiger partial charge in [0.25, 0.3) is 0 Å². The zero-order chi connectivity index (χ0) is 6.41. The minimum absolute atomic E-state index is 0.417. The lowest BCUT2D eigenvalue weighted by atomic mass is 10.4. The minimum atomic E-state index is 0.417. The summed E-state index contributed by atoms with van der Waals surface area (Å²) in [6.07, 6.45) is 4.51. The molecule has 2 nitrogen and oxygen atoms in total. The highest BCUT2D eigenvalue weighted by atomic mass is 14.8. The first-order chi connectivity index (χ1) is 3.85. The smallest absolute Gasteiger partial charge is 0.0988 e. The van der Waals surface area contributed by atoms with Gasteiger partial charge in [0.15, 0.2) is 4.98 Å². The number of allylic oxidation sites excluding steroid dienone is 3. The fourth-order valence-electron chi connectivity index (χ4n) is 0.263. The molecule has 0 bridgehead atoms. The van der Waals surface area contributed by atoms with Crippen LogP contribution in [0.5, 0.6) is 0 Å². The van der Waals surface area contributed by atoms with Gasteiger partial charge in [-0.3, -0.25) is 0 Å². The predicted octanol–water partition coefficient (Wildman–Crippen LogP) is 2.10. The van der Waals surface area contributed by atoms with Crippen LogP contribution < -0.4 is 0 Å². The fraction of sp³-hybridized carbons (Fsp3) is 0. The quantitative estimate of drug-likeness (QED) is 0.392. The van der Waals surface area contributed by atoms with Crippen LogP contribution in [-0.2, 0) is 0 Å². The minimum Gasteiger partial charge on any atom is -0.0988 e. The summed E-state index contributed by atoms with van der Waals surface area (Å²) in [5, 5.41) is 8.09. The molecule has 0 aliphatic carbocycles. The molecule has 0 aromatic carbocycles. The second kappa shape index (κ2) is 3.82. The Morgan fingerprint density at radius 3 is 2.25 bits per heavy atom. The van der Waals surface area contributed by atoms with Crippen LogP contribution in [0.25, 0.3) is 4.98 Å². The Morgan fingerprint density at radius 2 is 2.12 bits per heavy atom. The summed E-state index contributed by atoms with van der Waals surface area (Å²) in [5.74, 6) is 0. The maximum absolute atomic E-state index is 8.09. The van der Waals surface area contributed by atoms with Crippen molar-refractivity contribution in [1.82, 2.24) is 0 Å². The van der Waals surface area contributed by atoms with E-state index < -0.39 is 0 Å². The summed E-state index contributed by atoms with van der Waals surface area (Å²) in [6.45, 7) is 6.78. The molecular formula is C6H7N2+. The molecule has 0 fully saturated rings. The molecule has 0 rings (SSSR count). The number of hydrogen-bond donors (Lipinski definition) is 0. The first kappa shape index (κ1) is 6.64. The van der Waals surface area contributed by atoms with Crippen molar-refractivity contribution in [3.63, 3.8) is 0 Å². The van der Waals surface area contributed by atoms with Crippen LogP contribution in [0.4, 0.5) is 0 Å². The van der Waals surface area contributed by atoms with E-state index >= 15 is 0 Å². The third-order valence-corrected chi connectivity index (χ3v) is 0.613. The zero-order valence-corrected chi connectivity index (χ0v) is 4.54. The second-order valence-electron chi connectivity index (χ2n) is 1.13. The van der Waals surface area contributed by atoms with Crippen molar-refractivity contribution in [1.29, 1.82) is 5.39 Å². The van der Waals surface area contributed by atoms with Gasteiger partial charge in [0.05, 0.1) is 0 Å². The molecule has 0 heterocycles. The molecule has 0 spiro atoms. The van der Waals surface area contributed by atoms with Crippen molar-refractivity contribution in [2.24, 2.45) is 0 Å². The van der Waals surface area contributed by atoms with Gasteiger partial charge in [0, 0.05) is 12.2 Å². The molecule has 8 heavy (non-hydrogen) atoms. The Kier molecular flexibility index (Phi) is 3.17. The van der Waals surface area contributed by atoms with Gasteiger partial charge in [0.2, 0.25) is 5.39 Å². The van der Waals surface area contributed by atoms with Gasteiger partial charge >= 0.3 is 5.70 Å². The van der Waals surface area contributed by atoms with Crippen LogP contribution in [-0.4, -0.2) is 0 Å². The Balaban J connectivity index is 4.12. The number of diazo groups is 1. The monoisotopic (exact) mass is 107 g/mol. The molecule has 2 heteroatoms. The van der Waals surface area contributed by atoms with Crippen molar-refractivity contribution >= 4 is 0 Å². The van der Waals surface area contributed by atoms with E-state index in [4.69, 9.17) is 5.39 Å². The number of hydrogen-bond acceptors (Lipinski definition) is 1. The lowest BCUT2D eigenvalue weighted by Crippen LogP contribution is -1.59. The molecule has 0 radical (unpaired) electrons. The van der Waals surface area contributed by atoms with E-state index in [1.807, 2.05) is 0 Å². The zero-order valence-electron chi connectivity index (χ0n) is 4.54. The standard InChI is InChI=1S/C6H7N2/c1-3-5-6(4-2)8-7/h3-5H,1-2H2/q+1. The molecule has 0 unspecified atom stereocenters. The van der Waals surface area contributed by atoms with Gasteiger partial charge in [-0.15, -0.1) is 0 Å². The fourth-order valence-corrected chi connectivity index (χ4v) is 0.263. The molecule has 0 aliphatic heterocycles. The largest absolute Gasteiger partial charge is 0.384 e. The van der Waals surface area contributed by atoms with Crippen LogP contribution in [0.15, 0.2) is 37.1 Å². The van der Waals surface area contributed by atoms with E-state index in [1.54, 1.807) is 6.08 Å². The summed E-state index contributed by atoms with van der Waals surface area (Å²) in [4.78, 5) is 2.87. The molecule has 0 saturated heterocycles. The molecule has 0 aliphatic rings. The summed E-state index contributed by atoms with van der Waals surface area (Å²) in [6, 6.07) is 0. The summed E-state index contributed by atoms with van der Waals surface area (Å²) >= 11 is 0.